The predicted molar refractivity (Wildman–Crippen MR) is 265 cm³/mol. The van der Waals surface area contributed by atoms with E-state index in [1.807, 2.05) is 48.5 Å². The summed E-state index contributed by atoms with van der Waals surface area (Å²) in [5, 5.41) is 11.2. The second kappa shape index (κ2) is 13.8. The van der Waals surface area contributed by atoms with Crippen molar-refractivity contribution in [3.8, 4) is 51.0 Å². The minimum absolute atomic E-state index is 0.558. The van der Waals surface area contributed by atoms with Crippen molar-refractivity contribution in [2.75, 3.05) is 0 Å². The van der Waals surface area contributed by atoms with Crippen molar-refractivity contribution >= 4 is 87.2 Å². The van der Waals surface area contributed by atoms with Crippen molar-refractivity contribution in [1.82, 2.24) is 19.5 Å². The average Bonchev–Trinajstić information content (AvgIpc) is 4.05. The highest BCUT2D eigenvalue weighted by molar-refractivity contribution is 6.23. The Bertz CT molecular complexity index is 4250. The Balaban J connectivity index is 1.10. The Labute approximate surface area is 371 Å². The zero-order valence-electron chi connectivity index (χ0n) is 34.7. The summed E-state index contributed by atoms with van der Waals surface area (Å²) in [7, 11) is 0. The molecule has 0 spiro atoms. The van der Waals surface area contributed by atoms with E-state index in [9.17, 15) is 0 Å². The van der Waals surface area contributed by atoms with E-state index in [0.29, 0.717) is 17.5 Å². The molecule has 0 amide bonds. The van der Waals surface area contributed by atoms with Crippen molar-refractivity contribution < 1.29 is 8.83 Å². The van der Waals surface area contributed by atoms with Gasteiger partial charge in [0.15, 0.2) is 17.5 Å². The van der Waals surface area contributed by atoms with Gasteiger partial charge in [0.2, 0.25) is 0 Å². The van der Waals surface area contributed by atoms with Crippen LogP contribution in [0.15, 0.2) is 215 Å². The van der Waals surface area contributed by atoms with Crippen molar-refractivity contribution in [3.05, 3.63) is 206 Å². The maximum absolute atomic E-state index is 6.69. The Hall–Kier alpha value is -8.87. The van der Waals surface area contributed by atoms with E-state index in [0.717, 1.165) is 99.2 Å². The van der Waals surface area contributed by atoms with Crippen LogP contribution in [0.1, 0.15) is 0 Å². The van der Waals surface area contributed by atoms with E-state index in [1.54, 1.807) is 0 Å². The van der Waals surface area contributed by atoms with Gasteiger partial charge in [-0.25, -0.2) is 15.0 Å². The molecule has 0 aliphatic rings. The monoisotopic (exact) mass is 830 g/mol. The van der Waals surface area contributed by atoms with Gasteiger partial charge in [-0.1, -0.05) is 146 Å². The smallest absolute Gasteiger partial charge is 0.164 e. The van der Waals surface area contributed by atoms with Gasteiger partial charge in [-0.3, -0.25) is 0 Å². The fraction of sp³-hybridized carbons (Fsp3) is 0. The first kappa shape index (κ1) is 35.7. The summed E-state index contributed by atoms with van der Waals surface area (Å²) in [6.07, 6.45) is 0. The van der Waals surface area contributed by atoms with Crippen LogP contribution in [0.2, 0.25) is 0 Å². The largest absolute Gasteiger partial charge is 0.456 e. The lowest BCUT2D eigenvalue weighted by Gasteiger charge is -2.16. The molecule has 14 aromatic rings. The van der Waals surface area contributed by atoms with Gasteiger partial charge in [-0.15, -0.1) is 0 Å². The molecule has 302 valence electrons. The third-order valence-electron chi connectivity index (χ3n) is 13.0. The second-order valence-electron chi connectivity index (χ2n) is 16.7. The normalized spacial score (nSPS) is 12.0. The lowest BCUT2D eigenvalue weighted by molar-refractivity contribution is 0.668. The predicted octanol–water partition coefficient (Wildman–Crippen LogP) is 15.7. The molecule has 0 aliphatic heterocycles. The summed E-state index contributed by atoms with van der Waals surface area (Å²) in [6.45, 7) is 0. The molecule has 0 saturated heterocycles. The molecule has 0 bridgehead atoms. The van der Waals surface area contributed by atoms with Crippen LogP contribution < -0.4 is 0 Å². The molecular weight excluding hydrogens is 797 g/mol. The van der Waals surface area contributed by atoms with Crippen LogP contribution in [0.5, 0.6) is 0 Å². The van der Waals surface area contributed by atoms with Gasteiger partial charge in [0.05, 0.1) is 11.0 Å². The quantitative estimate of drug-likeness (QED) is 0.173. The lowest BCUT2D eigenvalue weighted by atomic mass is 9.93. The highest BCUT2D eigenvalue weighted by Gasteiger charge is 2.23. The zero-order chi connectivity index (χ0) is 42.6. The number of hydrogen-bond donors (Lipinski definition) is 0. The van der Waals surface area contributed by atoms with Crippen LogP contribution in [0, 0.1) is 0 Å². The molecule has 0 aliphatic carbocycles. The first-order chi connectivity index (χ1) is 32.2. The third-order valence-corrected chi connectivity index (χ3v) is 13.0. The summed E-state index contributed by atoms with van der Waals surface area (Å²) in [5.41, 5.74) is 11.2. The molecule has 0 unspecified atom stereocenters. The lowest BCUT2D eigenvalue weighted by Crippen LogP contribution is -2.02. The topological polar surface area (TPSA) is 69.9 Å². The number of furan rings is 2. The van der Waals surface area contributed by atoms with Crippen molar-refractivity contribution in [2.45, 2.75) is 0 Å². The number of rotatable bonds is 5. The fourth-order valence-electron chi connectivity index (χ4n) is 10.1. The van der Waals surface area contributed by atoms with E-state index in [-0.39, 0.29) is 0 Å². The van der Waals surface area contributed by atoms with Gasteiger partial charge in [-0.2, -0.15) is 0 Å². The number of hydrogen-bond acceptors (Lipinski definition) is 5. The molecule has 6 heteroatoms. The van der Waals surface area contributed by atoms with Gasteiger partial charge >= 0.3 is 0 Å². The van der Waals surface area contributed by atoms with Crippen LogP contribution >= 0.6 is 0 Å². The van der Waals surface area contributed by atoms with Gasteiger partial charge < -0.3 is 13.4 Å². The Morgan fingerprint density at radius 2 is 0.923 bits per heavy atom. The Morgan fingerprint density at radius 1 is 0.308 bits per heavy atom. The fourth-order valence-corrected chi connectivity index (χ4v) is 10.1. The number of nitrogens with zero attached hydrogens (tertiary/aromatic N) is 4. The summed E-state index contributed by atoms with van der Waals surface area (Å²) in [6, 6.07) is 72.2. The second-order valence-corrected chi connectivity index (χ2v) is 16.7. The molecule has 14 rings (SSSR count). The van der Waals surface area contributed by atoms with E-state index >= 15 is 0 Å². The number of fused-ring (bicyclic) bond motifs is 12. The van der Waals surface area contributed by atoms with Gasteiger partial charge in [0, 0.05) is 54.7 Å². The highest BCUT2D eigenvalue weighted by Crippen LogP contribution is 2.45. The van der Waals surface area contributed by atoms with Crippen LogP contribution in [-0.4, -0.2) is 19.5 Å². The maximum atomic E-state index is 6.69. The van der Waals surface area contributed by atoms with Gasteiger partial charge in [-0.05, 0) is 93.3 Å². The molecule has 6 nitrogen and oxygen atoms in total. The highest BCUT2D eigenvalue weighted by atomic mass is 16.3. The first-order valence-corrected chi connectivity index (χ1v) is 21.8. The molecule has 0 fully saturated rings. The molecule has 4 aromatic heterocycles. The number of aromatic nitrogens is 4. The van der Waals surface area contributed by atoms with E-state index < -0.39 is 0 Å². The molecule has 0 saturated carbocycles. The SMILES string of the molecule is c1ccc(-c2nc(-c3ccc(-n4c5ccccc5c5cc6ccccc6cc54)cc3-c3cccc4oc5ccc6ccccc6c5c34)nc(-c3cccc4oc5ccccc5c34)n2)cc1. The van der Waals surface area contributed by atoms with E-state index in [4.69, 9.17) is 23.8 Å². The summed E-state index contributed by atoms with van der Waals surface area (Å²) in [4.78, 5) is 16.0. The molecule has 0 atom stereocenters. The molecule has 10 aromatic carbocycles. The standard InChI is InChI=1S/C59H34N4O2/c1-2-15-36(16-3-1)57-60-58(62-59(61-57)45-23-13-26-51-54(45)44-21-9-11-25-50(44)64-51)43-30-29-39(63-48-24-10-8-20-41(48)47-32-37-17-4-5-18-38(37)33-49(47)63)34-46(43)42-22-12-27-52-56(42)55-40-19-7-6-14-35(40)28-31-53(55)65-52/h1-34H. The van der Waals surface area contributed by atoms with Crippen LogP contribution in [0.3, 0.4) is 0 Å². The summed E-state index contributed by atoms with van der Waals surface area (Å²) >= 11 is 0. The Kier molecular flexibility index (Phi) is 7.59. The van der Waals surface area contributed by atoms with Crippen LogP contribution in [0.25, 0.3) is 138 Å². The molecular formula is C59H34N4O2. The number of para-hydroxylation sites is 2. The van der Waals surface area contributed by atoms with Crippen molar-refractivity contribution in [2.24, 2.45) is 0 Å². The minimum atomic E-state index is 0.558. The summed E-state index contributed by atoms with van der Waals surface area (Å²) < 4.78 is 15.5. The zero-order valence-corrected chi connectivity index (χ0v) is 34.7. The summed E-state index contributed by atoms with van der Waals surface area (Å²) in [5.74, 6) is 1.70. The molecule has 0 radical (unpaired) electrons. The average molecular weight is 831 g/mol. The van der Waals surface area contributed by atoms with Gasteiger partial charge in [0.25, 0.3) is 0 Å². The van der Waals surface area contributed by atoms with Crippen LogP contribution in [-0.2, 0) is 0 Å². The third kappa shape index (κ3) is 5.44. The van der Waals surface area contributed by atoms with E-state index in [1.165, 1.54) is 21.5 Å². The molecule has 65 heavy (non-hydrogen) atoms. The first-order valence-electron chi connectivity index (χ1n) is 21.8. The van der Waals surface area contributed by atoms with Gasteiger partial charge in [0.1, 0.15) is 22.3 Å². The van der Waals surface area contributed by atoms with E-state index in [2.05, 4.69) is 162 Å². The van der Waals surface area contributed by atoms with Crippen molar-refractivity contribution in [1.29, 1.82) is 0 Å². The molecule has 4 heterocycles. The molecule has 0 N–H and O–H groups in total. The number of benzene rings is 10. The minimum Gasteiger partial charge on any atom is -0.456 e. The van der Waals surface area contributed by atoms with Crippen LogP contribution in [0.4, 0.5) is 0 Å². The van der Waals surface area contributed by atoms with Crippen molar-refractivity contribution in [3.63, 3.8) is 0 Å². The Morgan fingerprint density at radius 3 is 1.77 bits per heavy atom. The maximum Gasteiger partial charge on any atom is 0.164 e.